The number of rotatable bonds is 6. The van der Waals surface area contributed by atoms with E-state index in [0.717, 1.165) is 27.8 Å². The van der Waals surface area contributed by atoms with Gasteiger partial charge in [0.15, 0.2) is 6.61 Å². The van der Waals surface area contributed by atoms with Crippen LogP contribution < -0.4 is 10.1 Å². The fourth-order valence-corrected chi connectivity index (χ4v) is 3.02. The van der Waals surface area contributed by atoms with Gasteiger partial charge in [-0.2, -0.15) is 4.98 Å². The molecule has 102 valence electrons. The van der Waals surface area contributed by atoms with E-state index >= 15 is 0 Å². The van der Waals surface area contributed by atoms with Crippen molar-refractivity contribution >= 4 is 31.9 Å². The molecule has 0 aliphatic heterocycles. The summed E-state index contributed by atoms with van der Waals surface area (Å²) in [5, 5.41) is 6.97. The number of ether oxygens (including phenoxy) is 1. The molecular formula is C12H13Br2N3O2. The number of nitrogens with one attached hydrogen (secondary N) is 1. The van der Waals surface area contributed by atoms with Crippen LogP contribution in [0.15, 0.2) is 32.0 Å². The number of halogens is 2. The normalized spacial score (nSPS) is 10.7. The summed E-state index contributed by atoms with van der Waals surface area (Å²) in [6.07, 6.45) is 1.28. The molecule has 0 radical (unpaired) electrons. The van der Waals surface area contributed by atoms with Crippen molar-refractivity contribution in [1.82, 2.24) is 15.5 Å². The Hall–Kier alpha value is -0.920. The lowest BCUT2D eigenvalue weighted by atomic mass is 10.2. The summed E-state index contributed by atoms with van der Waals surface area (Å²) < 4.78 is 12.1. The van der Waals surface area contributed by atoms with Crippen molar-refractivity contribution < 1.29 is 9.26 Å². The molecule has 0 aliphatic carbocycles. The van der Waals surface area contributed by atoms with Crippen LogP contribution in [0.3, 0.4) is 0 Å². The summed E-state index contributed by atoms with van der Waals surface area (Å²) in [7, 11) is 0. The molecular weight excluding hydrogens is 378 g/mol. The summed E-state index contributed by atoms with van der Waals surface area (Å²) in [4.78, 5) is 3.91. The molecule has 7 heteroatoms. The van der Waals surface area contributed by atoms with Crippen LogP contribution in [0.25, 0.3) is 0 Å². The highest BCUT2D eigenvalue weighted by atomic mass is 79.9. The molecule has 0 unspecified atom stereocenters. The highest BCUT2D eigenvalue weighted by Gasteiger charge is 2.10. The average molecular weight is 391 g/mol. The zero-order valence-electron chi connectivity index (χ0n) is 10.3. The van der Waals surface area contributed by atoms with E-state index in [1.807, 2.05) is 12.1 Å². The summed E-state index contributed by atoms with van der Waals surface area (Å²) in [5.41, 5.74) is 1.17. The topological polar surface area (TPSA) is 60.2 Å². The summed E-state index contributed by atoms with van der Waals surface area (Å²) >= 11 is 7.01. The number of benzene rings is 1. The maximum atomic E-state index is 5.67. The van der Waals surface area contributed by atoms with Gasteiger partial charge in [-0.1, -0.05) is 12.1 Å². The molecule has 0 amide bonds. The maximum absolute atomic E-state index is 5.67. The molecule has 0 saturated heterocycles. The van der Waals surface area contributed by atoms with Crippen molar-refractivity contribution in [2.24, 2.45) is 0 Å². The van der Waals surface area contributed by atoms with Gasteiger partial charge in [0.25, 0.3) is 0 Å². The third kappa shape index (κ3) is 4.02. The predicted octanol–water partition coefficient (Wildman–Crippen LogP) is 3.28. The smallest absolute Gasteiger partial charge is 0.213 e. The molecule has 0 atom stereocenters. The number of hydrogen-bond donors (Lipinski definition) is 1. The lowest BCUT2D eigenvalue weighted by Crippen LogP contribution is -2.11. The van der Waals surface area contributed by atoms with Gasteiger partial charge in [-0.05, 0) is 56.1 Å². The molecule has 0 aliphatic rings. The SMILES string of the molecule is CCNCc1cc(Br)c(OCc2ncon2)c(Br)c1. The van der Waals surface area contributed by atoms with Crippen LogP contribution in [-0.4, -0.2) is 16.7 Å². The van der Waals surface area contributed by atoms with Crippen molar-refractivity contribution in [3.05, 3.63) is 38.9 Å². The summed E-state index contributed by atoms with van der Waals surface area (Å²) in [5.74, 6) is 1.24. The largest absolute Gasteiger partial charge is 0.483 e. The van der Waals surface area contributed by atoms with Crippen LogP contribution in [0, 0.1) is 0 Å². The monoisotopic (exact) mass is 389 g/mol. The standard InChI is InChI=1S/C12H13Br2N3O2/c1-2-15-5-8-3-9(13)12(10(14)4-8)18-6-11-16-7-19-17-11/h3-4,7,15H,2,5-6H2,1H3. The van der Waals surface area contributed by atoms with Gasteiger partial charge in [0.05, 0.1) is 8.95 Å². The molecule has 0 fully saturated rings. The van der Waals surface area contributed by atoms with Gasteiger partial charge in [-0.15, -0.1) is 0 Å². The number of hydrogen-bond acceptors (Lipinski definition) is 5. The number of nitrogens with zero attached hydrogens (tertiary/aromatic N) is 2. The molecule has 1 aromatic heterocycles. The first-order chi connectivity index (χ1) is 9.20. The molecule has 1 N–H and O–H groups in total. The Bertz CT molecular complexity index is 509. The number of aromatic nitrogens is 2. The molecule has 1 heterocycles. The zero-order chi connectivity index (χ0) is 13.7. The van der Waals surface area contributed by atoms with E-state index in [-0.39, 0.29) is 6.61 Å². The second-order valence-electron chi connectivity index (χ2n) is 3.81. The Morgan fingerprint density at radius 3 is 2.63 bits per heavy atom. The highest BCUT2D eigenvalue weighted by Crippen LogP contribution is 2.35. The van der Waals surface area contributed by atoms with Crippen LogP contribution in [0.4, 0.5) is 0 Å². The van der Waals surface area contributed by atoms with Gasteiger partial charge in [0, 0.05) is 6.54 Å². The van der Waals surface area contributed by atoms with Crippen molar-refractivity contribution in [2.45, 2.75) is 20.1 Å². The molecule has 2 aromatic rings. The van der Waals surface area contributed by atoms with E-state index in [0.29, 0.717) is 5.82 Å². The highest BCUT2D eigenvalue weighted by molar-refractivity contribution is 9.11. The molecule has 0 saturated carbocycles. The molecule has 0 spiro atoms. The fraction of sp³-hybridized carbons (Fsp3) is 0.333. The molecule has 1 aromatic carbocycles. The second-order valence-corrected chi connectivity index (χ2v) is 5.51. The zero-order valence-corrected chi connectivity index (χ0v) is 13.5. The van der Waals surface area contributed by atoms with Gasteiger partial charge in [-0.25, -0.2) is 0 Å². The van der Waals surface area contributed by atoms with Crippen LogP contribution in [0.1, 0.15) is 18.3 Å². The Balaban J connectivity index is 2.08. The first kappa shape index (κ1) is 14.5. The summed E-state index contributed by atoms with van der Waals surface area (Å²) in [6.45, 7) is 4.09. The van der Waals surface area contributed by atoms with E-state index in [2.05, 4.69) is 58.8 Å². The van der Waals surface area contributed by atoms with E-state index < -0.39 is 0 Å². The Labute approximate surface area is 128 Å². The fourth-order valence-electron chi connectivity index (χ4n) is 1.51. The minimum absolute atomic E-state index is 0.264. The maximum Gasteiger partial charge on any atom is 0.213 e. The van der Waals surface area contributed by atoms with Crippen molar-refractivity contribution in [3.63, 3.8) is 0 Å². The van der Waals surface area contributed by atoms with Crippen LogP contribution in [0.5, 0.6) is 5.75 Å². The van der Waals surface area contributed by atoms with Crippen molar-refractivity contribution in [2.75, 3.05) is 6.54 Å². The molecule has 0 bridgehead atoms. The van der Waals surface area contributed by atoms with Crippen LogP contribution in [0.2, 0.25) is 0 Å². The lowest BCUT2D eigenvalue weighted by molar-refractivity contribution is 0.283. The van der Waals surface area contributed by atoms with E-state index in [1.165, 1.54) is 12.0 Å². The second kappa shape index (κ2) is 7.02. The first-order valence-corrected chi connectivity index (χ1v) is 7.36. The van der Waals surface area contributed by atoms with Gasteiger partial charge in [-0.3, -0.25) is 0 Å². The van der Waals surface area contributed by atoms with E-state index in [1.54, 1.807) is 0 Å². The van der Waals surface area contributed by atoms with Gasteiger partial charge in [0.1, 0.15) is 5.75 Å². The lowest BCUT2D eigenvalue weighted by Gasteiger charge is -2.11. The van der Waals surface area contributed by atoms with Crippen LogP contribution in [-0.2, 0) is 13.2 Å². The van der Waals surface area contributed by atoms with Gasteiger partial charge < -0.3 is 14.6 Å². The predicted molar refractivity (Wildman–Crippen MR) is 77.9 cm³/mol. The average Bonchev–Trinajstić information content (AvgIpc) is 2.88. The van der Waals surface area contributed by atoms with Crippen molar-refractivity contribution in [3.8, 4) is 5.75 Å². The van der Waals surface area contributed by atoms with E-state index in [4.69, 9.17) is 4.74 Å². The third-order valence-electron chi connectivity index (χ3n) is 2.39. The minimum Gasteiger partial charge on any atom is -0.483 e. The minimum atomic E-state index is 0.264. The van der Waals surface area contributed by atoms with Crippen LogP contribution >= 0.6 is 31.9 Å². The van der Waals surface area contributed by atoms with E-state index in [9.17, 15) is 0 Å². The van der Waals surface area contributed by atoms with Gasteiger partial charge >= 0.3 is 0 Å². The van der Waals surface area contributed by atoms with Crippen molar-refractivity contribution in [1.29, 1.82) is 0 Å². The summed E-state index contributed by atoms with van der Waals surface area (Å²) in [6, 6.07) is 4.05. The Kier molecular flexibility index (Phi) is 5.35. The molecule has 19 heavy (non-hydrogen) atoms. The molecule has 2 rings (SSSR count). The third-order valence-corrected chi connectivity index (χ3v) is 3.57. The Morgan fingerprint density at radius 2 is 2.05 bits per heavy atom. The first-order valence-electron chi connectivity index (χ1n) is 5.77. The Morgan fingerprint density at radius 1 is 1.32 bits per heavy atom. The van der Waals surface area contributed by atoms with Gasteiger partial charge in [0.2, 0.25) is 12.2 Å². The quantitative estimate of drug-likeness (QED) is 0.819. The molecule has 5 nitrogen and oxygen atoms in total.